The number of anilines is 1. The van der Waals surface area contributed by atoms with Crippen LogP contribution in [0.5, 0.6) is 0 Å². The number of pyridine rings is 1. The first-order valence-corrected chi connectivity index (χ1v) is 12.3. The van der Waals surface area contributed by atoms with Crippen LogP contribution in [0.15, 0.2) is 12.1 Å². The van der Waals surface area contributed by atoms with Gasteiger partial charge in [-0.05, 0) is 83.9 Å². The molecule has 1 aromatic heterocycles. The molecule has 0 unspecified atom stereocenters. The lowest BCUT2D eigenvalue weighted by Crippen LogP contribution is -2.45. The van der Waals surface area contributed by atoms with E-state index in [2.05, 4.69) is 27.7 Å². The number of rotatable bonds is 14. The van der Waals surface area contributed by atoms with Crippen molar-refractivity contribution in [3.63, 3.8) is 0 Å². The molecule has 1 amide bonds. The van der Waals surface area contributed by atoms with E-state index in [1.807, 2.05) is 0 Å². The number of aromatic nitrogens is 1. The standard InChI is InChI=1S/C25H42N4O5/c1-25(2,3)34-24(32)28-21(23(30)31)13-17-29(16-8-18-33-4)15-6-5-10-20-12-11-19-9-7-14-26-22(19)27-20/h11-12,21H,5-10,13-18H2,1-4H3,(H,26,27)(H,28,32)(H,30,31)/t21-/m0/s1. The summed E-state index contributed by atoms with van der Waals surface area (Å²) < 4.78 is 10.4. The number of carboxylic acid groups (broad SMARTS) is 1. The number of alkyl carbamates (subject to hydrolysis) is 1. The summed E-state index contributed by atoms with van der Waals surface area (Å²) in [5.74, 6) is -0.0306. The smallest absolute Gasteiger partial charge is 0.408 e. The molecule has 2 rings (SSSR count). The zero-order chi connectivity index (χ0) is 25.0. The number of carbonyl (C=O) groups excluding carboxylic acids is 1. The maximum atomic E-state index is 12.0. The van der Waals surface area contributed by atoms with E-state index in [1.54, 1.807) is 27.9 Å². The number of aliphatic carboxylic acids is 1. The zero-order valence-electron chi connectivity index (χ0n) is 21.2. The van der Waals surface area contributed by atoms with Crippen molar-refractivity contribution in [3.8, 4) is 0 Å². The lowest BCUT2D eigenvalue weighted by atomic mass is 10.1. The van der Waals surface area contributed by atoms with Gasteiger partial charge in [-0.3, -0.25) is 0 Å². The van der Waals surface area contributed by atoms with E-state index in [-0.39, 0.29) is 0 Å². The Balaban J connectivity index is 1.82. The van der Waals surface area contributed by atoms with Gasteiger partial charge in [0.25, 0.3) is 0 Å². The predicted octanol–water partition coefficient (Wildman–Crippen LogP) is 3.47. The summed E-state index contributed by atoms with van der Waals surface area (Å²) >= 11 is 0. The largest absolute Gasteiger partial charge is 0.480 e. The molecule has 0 spiro atoms. The van der Waals surface area contributed by atoms with Crippen LogP contribution in [0.2, 0.25) is 0 Å². The van der Waals surface area contributed by atoms with Gasteiger partial charge in [0.05, 0.1) is 0 Å². The Hall–Kier alpha value is -2.39. The average Bonchev–Trinajstić information content (AvgIpc) is 2.77. The van der Waals surface area contributed by atoms with Gasteiger partial charge in [0, 0.05) is 39.0 Å². The number of methoxy groups -OCH3 is 1. The fraction of sp³-hybridized carbons (Fsp3) is 0.720. The van der Waals surface area contributed by atoms with Crippen molar-refractivity contribution < 1.29 is 24.2 Å². The highest BCUT2D eigenvalue weighted by atomic mass is 16.6. The molecule has 3 N–H and O–H groups in total. The second-order valence-corrected chi connectivity index (χ2v) is 9.81. The third-order valence-electron chi connectivity index (χ3n) is 5.65. The summed E-state index contributed by atoms with van der Waals surface area (Å²) in [5.41, 5.74) is 1.72. The SMILES string of the molecule is COCCCN(CCCCc1ccc2c(n1)NCCC2)CC[C@H](NC(=O)OC(C)(C)C)C(=O)O. The van der Waals surface area contributed by atoms with Crippen LogP contribution < -0.4 is 10.6 Å². The molecule has 9 nitrogen and oxygen atoms in total. The normalized spacial score (nSPS) is 14.3. The number of nitrogens with zero attached hydrogens (tertiary/aromatic N) is 2. The molecule has 0 bridgehead atoms. The van der Waals surface area contributed by atoms with Crippen LogP contribution >= 0.6 is 0 Å². The quantitative estimate of drug-likeness (QED) is 0.349. The van der Waals surface area contributed by atoms with E-state index >= 15 is 0 Å². The number of carboxylic acids is 1. The molecule has 192 valence electrons. The maximum Gasteiger partial charge on any atom is 0.408 e. The Morgan fingerprint density at radius 1 is 1.21 bits per heavy atom. The Bertz CT molecular complexity index is 781. The van der Waals surface area contributed by atoms with Crippen LogP contribution in [0.1, 0.15) is 64.1 Å². The highest BCUT2D eigenvalue weighted by Crippen LogP contribution is 2.20. The van der Waals surface area contributed by atoms with Gasteiger partial charge in [-0.2, -0.15) is 0 Å². The highest BCUT2D eigenvalue weighted by Gasteiger charge is 2.24. The third-order valence-corrected chi connectivity index (χ3v) is 5.65. The second kappa shape index (κ2) is 14.1. The van der Waals surface area contributed by atoms with E-state index in [0.29, 0.717) is 19.6 Å². The Kier molecular flexibility index (Phi) is 11.6. The van der Waals surface area contributed by atoms with Gasteiger partial charge in [0.2, 0.25) is 0 Å². The molecule has 2 heterocycles. The number of fused-ring (bicyclic) bond motifs is 1. The highest BCUT2D eigenvalue weighted by molar-refractivity contribution is 5.80. The number of carbonyl (C=O) groups is 2. The second-order valence-electron chi connectivity index (χ2n) is 9.81. The van der Waals surface area contributed by atoms with Crippen molar-refractivity contribution in [2.75, 3.05) is 45.2 Å². The Morgan fingerprint density at radius 2 is 1.97 bits per heavy atom. The van der Waals surface area contributed by atoms with Crippen LogP contribution in [0.3, 0.4) is 0 Å². The Labute approximate surface area is 203 Å². The van der Waals surface area contributed by atoms with Crippen molar-refractivity contribution in [2.24, 2.45) is 0 Å². The van der Waals surface area contributed by atoms with Crippen LogP contribution in [0.4, 0.5) is 10.6 Å². The van der Waals surface area contributed by atoms with Gasteiger partial charge < -0.3 is 30.1 Å². The summed E-state index contributed by atoms with van der Waals surface area (Å²) in [5, 5.41) is 15.4. The first-order valence-electron chi connectivity index (χ1n) is 12.3. The minimum absolute atomic E-state index is 0.305. The number of ether oxygens (including phenoxy) is 2. The van der Waals surface area contributed by atoms with Crippen LogP contribution in [-0.2, 0) is 27.1 Å². The topological polar surface area (TPSA) is 113 Å². The van der Waals surface area contributed by atoms with Gasteiger partial charge in [-0.25, -0.2) is 14.6 Å². The summed E-state index contributed by atoms with van der Waals surface area (Å²) in [6.45, 7) is 9.11. The van der Waals surface area contributed by atoms with Gasteiger partial charge in [0.15, 0.2) is 0 Å². The van der Waals surface area contributed by atoms with Crippen molar-refractivity contribution in [1.29, 1.82) is 0 Å². The number of hydrogen-bond donors (Lipinski definition) is 3. The van der Waals surface area contributed by atoms with Gasteiger partial charge in [-0.1, -0.05) is 6.07 Å². The van der Waals surface area contributed by atoms with Crippen LogP contribution in [0, 0.1) is 0 Å². The maximum absolute atomic E-state index is 12.0. The van der Waals surface area contributed by atoms with Crippen LogP contribution in [-0.4, -0.2) is 78.6 Å². The van der Waals surface area contributed by atoms with E-state index < -0.39 is 23.7 Å². The molecule has 1 atom stereocenters. The zero-order valence-corrected chi connectivity index (χ0v) is 21.2. The van der Waals surface area contributed by atoms with E-state index in [4.69, 9.17) is 14.5 Å². The first kappa shape index (κ1) is 27.9. The monoisotopic (exact) mass is 478 g/mol. The summed E-state index contributed by atoms with van der Waals surface area (Å²) in [6.07, 6.45) is 5.61. The van der Waals surface area contributed by atoms with Crippen molar-refractivity contribution in [1.82, 2.24) is 15.2 Å². The van der Waals surface area contributed by atoms with Gasteiger partial charge in [0.1, 0.15) is 17.5 Å². The average molecular weight is 479 g/mol. The number of aryl methyl sites for hydroxylation is 2. The predicted molar refractivity (Wildman–Crippen MR) is 132 cm³/mol. The molecule has 9 heteroatoms. The Morgan fingerprint density at radius 3 is 2.68 bits per heavy atom. The molecule has 0 saturated carbocycles. The molecule has 0 aromatic carbocycles. The molecule has 34 heavy (non-hydrogen) atoms. The molecule has 1 aliphatic heterocycles. The lowest BCUT2D eigenvalue weighted by Gasteiger charge is -2.25. The number of amides is 1. The molecular formula is C25H42N4O5. The number of nitrogens with one attached hydrogen (secondary N) is 2. The molecule has 1 aliphatic rings. The number of hydrogen-bond acceptors (Lipinski definition) is 7. The molecule has 1 aromatic rings. The molecule has 0 saturated heterocycles. The molecule has 0 radical (unpaired) electrons. The third kappa shape index (κ3) is 10.7. The van der Waals surface area contributed by atoms with E-state index in [0.717, 1.165) is 69.7 Å². The lowest BCUT2D eigenvalue weighted by molar-refractivity contribution is -0.139. The molecule has 0 aliphatic carbocycles. The molecular weight excluding hydrogens is 436 g/mol. The summed E-state index contributed by atoms with van der Waals surface area (Å²) in [4.78, 5) is 30.7. The first-order chi connectivity index (χ1) is 16.2. The fourth-order valence-electron chi connectivity index (χ4n) is 3.94. The van der Waals surface area contributed by atoms with Crippen molar-refractivity contribution in [2.45, 2.75) is 77.4 Å². The number of unbranched alkanes of at least 4 members (excludes halogenated alkanes) is 1. The van der Waals surface area contributed by atoms with Crippen molar-refractivity contribution >= 4 is 17.9 Å². The summed E-state index contributed by atoms with van der Waals surface area (Å²) in [7, 11) is 1.68. The minimum atomic E-state index is -1.06. The van der Waals surface area contributed by atoms with E-state index in [9.17, 15) is 14.7 Å². The summed E-state index contributed by atoms with van der Waals surface area (Å²) in [6, 6.07) is 3.32. The molecule has 0 fully saturated rings. The van der Waals surface area contributed by atoms with Gasteiger partial charge >= 0.3 is 12.1 Å². The van der Waals surface area contributed by atoms with Gasteiger partial charge in [-0.15, -0.1) is 0 Å². The fourth-order valence-corrected chi connectivity index (χ4v) is 3.94. The minimum Gasteiger partial charge on any atom is -0.480 e. The van der Waals surface area contributed by atoms with Crippen molar-refractivity contribution in [3.05, 3.63) is 23.4 Å². The van der Waals surface area contributed by atoms with E-state index in [1.165, 1.54) is 5.56 Å². The van der Waals surface area contributed by atoms with Crippen LogP contribution in [0.25, 0.3) is 0 Å².